The van der Waals surface area contributed by atoms with Gasteiger partial charge in [-0.1, -0.05) is 27.5 Å². The Morgan fingerprint density at radius 2 is 2.35 bits per heavy atom. The monoisotopic (exact) mass is 320 g/mol. The minimum atomic E-state index is -0.277. The standard InChI is InChI=1S/C11H14BrClN2O2/c1-17-8(6-14)5-11(16)15-10-4-7(12)2-3-9(10)13/h2-4,8H,5-6,14H2,1H3,(H,15,16). The lowest BCUT2D eigenvalue weighted by Gasteiger charge is -2.13. The zero-order chi connectivity index (χ0) is 12.8. The molecular formula is C11H14BrClN2O2. The number of carbonyl (C=O) groups is 1. The lowest BCUT2D eigenvalue weighted by atomic mass is 10.2. The molecule has 0 spiro atoms. The van der Waals surface area contributed by atoms with Crippen molar-refractivity contribution < 1.29 is 9.53 Å². The molecule has 17 heavy (non-hydrogen) atoms. The summed E-state index contributed by atoms with van der Waals surface area (Å²) in [5.41, 5.74) is 6.01. The lowest BCUT2D eigenvalue weighted by Crippen LogP contribution is -2.28. The van der Waals surface area contributed by atoms with Crippen LogP contribution in [0.25, 0.3) is 0 Å². The minimum Gasteiger partial charge on any atom is -0.380 e. The SMILES string of the molecule is COC(CN)CC(=O)Nc1cc(Br)ccc1Cl. The quantitative estimate of drug-likeness (QED) is 0.875. The minimum absolute atomic E-state index is 0.178. The highest BCUT2D eigenvalue weighted by molar-refractivity contribution is 9.10. The number of halogens is 2. The van der Waals surface area contributed by atoms with E-state index in [1.165, 1.54) is 7.11 Å². The van der Waals surface area contributed by atoms with Gasteiger partial charge in [-0.05, 0) is 18.2 Å². The summed E-state index contributed by atoms with van der Waals surface area (Å²) < 4.78 is 5.88. The molecule has 0 fully saturated rings. The Labute approximate surface area is 114 Å². The number of ether oxygens (including phenoxy) is 1. The zero-order valence-electron chi connectivity index (χ0n) is 9.37. The molecule has 6 heteroatoms. The molecule has 4 nitrogen and oxygen atoms in total. The van der Waals surface area contributed by atoms with Crippen LogP contribution >= 0.6 is 27.5 Å². The molecule has 1 aromatic rings. The number of rotatable bonds is 5. The van der Waals surface area contributed by atoms with E-state index in [1.54, 1.807) is 18.2 Å². The first kappa shape index (κ1) is 14.4. The molecule has 0 saturated heterocycles. The molecule has 94 valence electrons. The van der Waals surface area contributed by atoms with Crippen LogP contribution in [0.4, 0.5) is 5.69 Å². The number of nitrogens with two attached hydrogens (primary N) is 1. The summed E-state index contributed by atoms with van der Waals surface area (Å²) in [6.07, 6.45) is -0.0727. The Hall–Kier alpha value is -0.620. The van der Waals surface area contributed by atoms with Gasteiger partial charge < -0.3 is 15.8 Å². The second kappa shape index (κ2) is 6.96. The van der Waals surface area contributed by atoms with Crippen molar-refractivity contribution >= 4 is 39.1 Å². The number of benzene rings is 1. The molecule has 1 atom stereocenters. The van der Waals surface area contributed by atoms with Crippen LogP contribution in [-0.2, 0) is 9.53 Å². The van der Waals surface area contributed by atoms with Crippen LogP contribution in [0.3, 0.4) is 0 Å². The summed E-state index contributed by atoms with van der Waals surface area (Å²) in [5, 5.41) is 3.20. The number of hydrogen-bond donors (Lipinski definition) is 2. The second-order valence-corrected chi connectivity index (χ2v) is 4.79. The van der Waals surface area contributed by atoms with Crippen molar-refractivity contribution in [3.8, 4) is 0 Å². The first-order valence-electron chi connectivity index (χ1n) is 5.04. The molecular weight excluding hydrogens is 307 g/mol. The Balaban J connectivity index is 2.64. The van der Waals surface area contributed by atoms with Crippen molar-refractivity contribution in [2.24, 2.45) is 5.73 Å². The first-order valence-corrected chi connectivity index (χ1v) is 6.21. The van der Waals surface area contributed by atoms with E-state index in [4.69, 9.17) is 22.1 Å². The number of carbonyl (C=O) groups excluding carboxylic acids is 1. The largest absolute Gasteiger partial charge is 0.380 e. The predicted octanol–water partition coefficient (Wildman–Crippen LogP) is 2.40. The molecule has 0 aliphatic heterocycles. The van der Waals surface area contributed by atoms with Crippen molar-refractivity contribution in [2.45, 2.75) is 12.5 Å². The molecule has 0 bridgehead atoms. The summed E-state index contributed by atoms with van der Waals surface area (Å²) in [6, 6.07) is 5.25. The fourth-order valence-corrected chi connectivity index (χ4v) is 1.79. The van der Waals surface area contributed by atoms with E-state index in [2.05, 4.69) is 21.2 Å². The van der Waals surface area contributed by atoms with Gasteiger partial charge >= 0.3 is 0 Å². The molecule has 1 unspecified atom stereocenters. The number of hydrogen-bond acceptors (Lipinski definition) is 3. The number of nitrogens with one attached hydrogen (secondary N) is 1. The smallest absolute Gasteiger partial charge is 0.227 e. The third-order valence-corrected chi connectivity index (χ3v) is 3.03. The van der Waals surface area contributed by atoms with Crippen LogP contribution in [0.2, 0.25) is 5.02 Å². The van der Waals surface area contributed by atoms with Crippen molar-refractivity contribution in [3.63, 3.8) is 0 Å². The van der Waals surface area contributed by atoms with Crippen molar-refractivity contribution in [2.75, 3.05) is 19.0 Å². The van der Waals surface area contributed by atoms with Gasteiger partial charge in [0.1, 0.15) is 0 Å². The third kappa shape index (κ3) is 4.63. The molecule has 0 radical (unpaired) electrons. The normalized spacial score (nSPS) is 12.2. The molecule has 0 aliphatic rings. The molecule has 1 aromatic carbocycles. The van der Waals surface area contributed by atoms with E-state index in [0.717, 1.165) is 4.47 Å². The van der Waals surface area contributed by atoms with Gasteiger partial charge in [0.25, 0.3) is 0 Å². The number of methoxy groups -OCH3 is 1. The van der Waals surface area contributed by atoms with Crippen LogP contribution in [0.5, 0.6) is 0 Å². The van der Waals surface area contributed by atoms with Crippen LogP contribution in [0.15, 0.2) is 22.7 Å². The highest BCUT2D eigenvalue weighted by atomic mass is 79.9. The van der Waals surface area contributed by atoms with Gasteiger partial charge in [0, 0.05) is 18.1 Å². The Morgan fingerprint density at radius 3 is 2.94 bits per heavy atom. The van der Waals surface area contributed by atoms with Gasteiger partial charge in [0.2, 0.25) is 5.91 Å². The maximum absolute atomic E-state index is 11.7. The maximum atomic E-state index is 11.7. The van der Waals surface area contributed by atoms with E-state index in [1.807, 2.05) is 0 Å². The van der Waals surface area contributed by atoms with Crippen molar-refractivity contribution in [3.05, 3.63) is 27.7 Å². The van der Waals surface area contributed by atoms with Gasteiger partial charge in [-0.3, -0.25) is 4.79 Å². The molecule has 0 aromatic heterocycles. The van der Waals surface area contributed by atoms with Crippen LogP contribution in [-0.4, -0.2) is 25.7 Å². The maximum Gasteiger partial charge on any atom is 0.227 e. The molecule has 0 saturated carbocycles. The Bertz CT molecular complexity index is 397. The van der Waals surface area contributed by atoms with Gasteiger partial charge in [0.05, 0.1) is 23.2 Å². The molecule has 1 amide bonds. The van der Waals surface area contributed by atoms with Crippen LogP contribution in [0.1, 0.15) is 6.42 Å². The van der Waals surface area contributed by atoms with E-state index in [0.29, 0.717) is 17.3 Å². The van der Waals surface area contributed by atoms with Crippen LogP contribution in [0, 0.1) is 0 Å². The fourth-order valence-electron chi connectivity index (χ4n) is 1.26. The van der Waals surface area contributed by atoms with E-state index in [9.17, 15) is 4.79 Å². The Morgan fingerprint density at radius 1 is 1.65 bits per heavy atom. The molecule has 0 heterocycles. The summed E-state index contributed by atoms with van der Waals surface area (Å²) in [7, 11) is 1.52. The fraction of sp³-hybridized carbons (Fsp3) is 0.364. The number of amides is 1. The number of anilines is 1. The summed E-state index contributed by atoms with van der Waals surface area (Å²) in [5.74, 6) is -0.178. The molecule has 0 aliphatic carbocycles. The third-order valence-electron chi connectivity index (χ3n) is 2.21. The van der Waals surface area contributed by atoms with Crippen molar-refractivity contribution in [1.29, 1.82) is 0 Å². The topological polar surface area (TPSA) is 64.3 Å². The lowest BCUT2D eigenvalue weighted by molar-refractivity contribution is -0.118. The van der Waals surface area contributed by atoms with Gasteiger partial charge in [0.15, 0.2) is 0 Å². The summed E-state index contributed by atoms with van der Waals surface area (Å²) >= 11 is 9.26. The van der Waals surface area contributed by atoms with E-state index < -0.39 is 0 Å². The highest BCUT2D eigenvalue weighted by Gasteiger charge is 2.12. The summed E-state index contributed by atoms with van der Waals surface area (Å²) in [4.78, 5) is 11.7. The predicted molar refractivity (Wildman–Crippen MR) is 72.3 cm³/mol. The van der Waals surface area contributed by atoms with E-state index >= 15 is 0 Å². The Kier molecular flexibility index (Phi) is 5.91. The van der Waals surface area contributed by atoms with Gasteiger partial charge in [-0.15, -0.1) is 0 Å². The van der Waals surface area contributed by atoms with Crippen LogP contribution < -0.4 is 11.1 Å². The van der Waals surface area contributed by atoms with Crippen molar-refractivity contribution in [1.82, 2.24) is 0 Å². The average molecular weight is 322 g/mol. The summed E-state index contributed by atoms with van der Waals surface area (Å²) in [6.45, 7) is 0.302. The second-order valence-electron chi connectivity index (χ2n) is 3.47. The first-order chi connectivity index (χ1) is 8.06. The molecule has 3 N–H and O–H groups in total. The van der Waals surface area contributed by atoms with Gasteiger partial charge in [-0.25, -0.2) is 0 Å². The molecule has 1 rings (SSSR count). The zero-order valence-corrected chi connectivity index (χ0v) is 11.7. The average Bonchev–Trinajstić information content (AvgIpc) is 2.31. The van der Waals surface area contributed by atoms with Gasteiger partial charge in [-0.2, -0.15) is 0 Å². The van der Waals surface area contributed by atoms with E-state index in [-0.39, 0.29) is 18.4 Å². The highest BCUT2D eigenvalue weighted by Crippen LogP contribution is 2.25.